The summed E-state index contributed by atoms with van der Waals surface area (Å²) in [6, 6.07) is 0. The van der Waals surface area contributed by atoms with Crippen LogP contribution in [-0.4, -0.2) is 22.4 Å². The molecular formula is C8H14O2. The zero-order chi connectivity index (χ0) is 7.30. The van der Waals surface area contributed by atoms with Crippen LogP contribution < -0.4 is 0 Å². The lowest BCUT2D eigenvalue weighted by Crippen LogP contribution is -2.35. The molecule has 0 unspecified atom stereocenters. The normalized spacial score (nSPS) is 59.7. The molecule has 2 fully saturated rings. The van der Waals surface area contributed by atoms with Gasteiger partial charge in [-0.3, -0.25) is 0 Å². The number of aliphatic hydroxyl groups is 2. The zero-order valence-corrected chi connectivity index (χ0v) is 6.20. The van der Waals surface area contributed by atoms with Crippen molar-refractivity contribution < 1.29 is 10.2 Å². The van der Waals surface area contributed by atoms with E-state index in [9.17, 15) is 10.2 Å². The van der Waals surface area contributed by atoms with E-state index in [0.717, 1.165) is 12.8 Å². The van der Waals surface area contributed by atoms with Crippen molar-refractivity contribution in [2.45, 2.75) is 32.0 Å². The number of aliphatic hydroxyl groups excluding tert-OH is 2. The molecule has 0 amide bonds. The summed E-state index contributed by atoms with van der Waals surface area (Å²) >= 11 is 0. The van der Waals surface area contributed by atoms with E-state index >= 15 is 0 Å². The van der Waals surface area contributed by atoms with Crippen LogP contribution in [-0.2, 0) is 0 Å². The van der Waals surface area contributed by atoms with Crippen molar-refractivity contribution >= 4 is 0 Å². The second-order valence-corrected chi connectivity index (χ2v) is 3.85. The smallest absolute Gasteiger partial charge is 0.0832 e. The summed E-state index contributed by atoms with van der Waals surface area (Å²) in [5.41, 5.74) is 0. The van der Waals surface area contributed by atoms with E-state index in [2.05, 4.69) is 6.92 Å². The molecule has 0 aromatic heterocycles. The van der Waals surface area contributed by atoms with Gasteiger partial charge in [-0.2, -0.15) is 0 Å². The molecule has 0 spiro atoms. The third-order valence-electron chi connectivity index (χ3n) is 3.25. The number of fused-ring (bicyclic) bond motifs is 2. The van der Waals surface area contributed by atoms with E-state index in [0.29, 0.717) is 17.8 Å². The maximum atomic E-state index is 9.41. The van der Waals surface area contributed by atoms with Gasteiger partial charge in [0.15, 0.2) is 0 Å². The van der Waals surface area contributed by atoms with E-state index in [1.165, 1.54) is 0 Å². The van der Waals surface area contributed by atoms with Crippen molar-refractivity contribution in [3.63, 3.8) is 0 Å². The Morgan fingerprint density at radius 1 is 1.10 bits per heavy atom. The van der Waals surface area contributed by atoms with Crippen LogP contribution in [0.4, 0.5) is 0 Å². The Morgan fingerprint density at radius 3 is 2.20 bits per heavy atom. The van der Waals surface area contributed by atoms with Gasteiger partial charge in [-0.15, -0.1) is 0 Å². The van der Waals surface area contributed by atoms with Gasteiger partial charge in [-0.1, -0.05) is 6.92 Å². The Bertz CT molecular complexity index is 144. The van der Waals surface area contributed by atoms with Gasteiger partial charge in [0.05, 0.1) is 12.2 Å². The molecule has 0 saturated heterocycles. The van der Waals surface area contributed by atoms with Gasteiger partial charge in [-0.25, -0.2) is 0 Å². The molecule has 2 bridgehead atoms. The van der Waals surface area contributed by atoms with Crippen LogP contribution in [0, 0.1) is 17.8 Å². The maximum Gasteiger partial charge on any atom is 0.0832 e. The molecule has 0 radical (unpaired) electrons. The molecule has 5 atom stereocenters. The highest BCUT2D eigenvalue weighted by Crippen LogP contribution is 2.48. The van der Waals surface area contributed by atoms with E-state index < -0.39 is 12.2 Å². The topological polar surface area (TPSA) is 40.5 Å². The molecule has 2 nitrogen and oxygen atoms in total. The van der Waals surface area contributed by atoms with Crippen molar-refractivity contribution in [2.75, 3.05) is 0 Å². The average Bonchev–Trinajstić information content (AvgIpc) is 2.36. The lowest BCUT2D eigenvalue weighted by atomic mass is 9.86. The first-order chi connectivity index (χ1) is 4.70. The van der Waals surface area contributed by atoms with Crippen LogP contribution in [0.1, 0.15) is 19.8 Å². The number of rotatable bonds is 0. The van der Waals surface area contributed by atoms with E-state index in [1.807, 2.05) is 0 Å². The van der Waals surface area contributed by atoms with Crippen molar-refractivity contribution in [1.82, 2.24) is 0 Å². The predicted octanol–water partition coefficient (Wildman–Crippen LogP) is 0.384. The Labute approximate surface area is 60.9 Å². The second-order valence-electron chi connectivity index (χ2n) is 3.85. The van der Waals surface area contributed by atoms with Crippen molar-refractivity contribution in [3.8, 4) is 0 Å². The maximum absolute atomic E-state index is 9.41. The fourth-order valence-corrected chi connectivity index (χ4v) is 2.62. The van der Waals surface area contributed by atoms with Gasteiger partial charge >= 0.3 is 0 Å². The largest absolute Gasteiger partial charge is 0.390 e. The zero-order valence-electron chi connectivity index (χ0n) is 6.20. The Hall–Kier alpha value is -0.0800. The van der Waals surface area contributed by atoms with Crippen molar-refractivity contribution in [2.24, 2.45) is 17.8 Å². The van der Waals surface area contributed by atoms with Crippen LogP contribution >= 0.6 is 0 Å². The minimum Gasteiger partial charge on any atom is -0.390 e. The molecular weight excluding hydrogens is 128 g/mol. The van der Waals surface area contributed by atoms with E-state index in [4.69, 9.17) is 0 Å². The van der Waals surface area contributed by atoms with Crippen LogP contribution in [0.15, 0.2) is 0 Å². The quantitative estimate of drug-likeness (QED) is 0.513. The molecule has 2 saturated carbocycles. The van der Waals surface area contributed by atoms with Gasteiger partial charge in [0.2, 0.25) is 0 Å². The van der Waals surface area contributed by atoms with Gasteiger partial charge in [-0.05, 0) is 30.6 Å². The molecule has 0 aliphatic heterocycles. The molecule has 2 aliphatic carbocycles. The monoisotopic (exact) mass is 142 g/mol. The summed E-state index contributed by atoms with van der Waals surface area (Å²) < 4.78 is 0. The SMILES string of the molecule is C[C@@H]1C[C@H]2C[C@@H]1[C@H](O)[C@@H]2O. The molecule has 0 aromatic rings. The molecule has 2 N–H and O–H groups in total. The molecule has 10 heavy (non-hydrogen) atoms. The lowest BCUT2D eigenvalue weighted by Gasteiger charge is -2.26. The van der Waals surface area contributed by atoms with Gasteiger partial charge in [0, 0.05) is 0 Å². The van der Waals surface area contributed by atoms with E-state index in [1.54, 1.807) is 0 Å². The fraction of sp³-hybridized carbons (Fsp3) is 1.00. The van der Waals surface area contributed by atoms with E-state index in [-0.39, 0.29) is 0 Å². The van der Waals surface area contributed by atoms with Gasteiger partial charge < -0.3 is 10.2 Å². The van der Waals surface area contributed by atoms with Crippen LogP contribution in [0.5, 0.6) is 0 Å². The van der Waals surface area contributed by atoms with Crippen molar-refractivity contribution in [3.05, 3.63) is 0 Å². The number of hydrogen-bond donors (Lipinski definition) is 2. The van der Waals surface area contributed by atoms with Gasteiger partial charge in [0.25, 0.3) is 0 Å². The fourth-order valence-electron chi connectivity index (χ4n) is 2.62. The Balaban J connectivity index is 2.16. The average molecular weight is 142 g/mol. The Morgan fingerprint density at radius 2 is 1.80 bits per heavy atom. The summed E-state index contributed by atoms with van der Waals surface area (Å²) in [7, 11) is 0. The third-order valence-corrected chi connectivity index (χ3v) is 3.25. The summed E-state index contributed by atoms with van der Waals surface area (Å²) in [5, 5.41) is 18.8. The van der Waals surface area contributed by atoms with Crippen LogP contribution in [0.3, 0.4) is 0 Å². The highest BCUT2D eigenvalue weighted by Gasteiger charge is 2.49. The molecule has 2 rings (SSSR count). The molecule has 58 valence electrons. The molecule has 2 aliphatic rings. The summed E-state index contributed by atoms with van der Waals surface area (Å²) in [5.74, 6) is 1.42. The lowest BCUT2D eigenvalue weighted by molar-refractivity contribution is -0.0309. The molecule has 0 heterocycles. The van der Waals surface area contributed by atoms with Crippen LogP contribution in [0.25, 0.3) is 0 Å². The second kappa shape index (κ2) is 1.95. The minimum atomic E-state index is -0.422. The Kier molecular flexibility index (Phi) is 1.29. The highest BCUT2D eigenvalue weighted by molar-refractivity contribution is 4.99. The highest BCUT2D eigenvalue weighted by atomic mass is 16.3. The number of hydrogen-bond acceptors (Lipinski definition) is 2. The predicted molar refractivity (Wildman–Crippen MR) is 37.4 cm³/mol. The van der Waals surface area contributed by atoms with Crippen molar-refractivity contribution in [1.29, 1.82) is 0 Å². The standard InChI is InChI=1S/C8H14O2/c1-4-2-5-3-6(4)8(10)7(5)9/h4-10H,2-3H2,1H3/t4-,5+,6+,7-,8+/m1/s1. The molecule has 0 aromatic carbocycles. The first kappa shape index (κ1) is 6.62. The first-order valence-corrected chi connectivity index (χ1v) is 4.06. The summed E-state index contributed by atoms with van der Waals surface area (Å²) in [4.78, 5) is 0. The minimum absolute atomic E-state index is 0.389. The summed E-state index contributed by atoms with van der Waals surface area (Å²) in [6.07, 6.45) is 1.32. The van der Waals surface area contributed by atoms with Gasteiger partial charge in [0.1, 0.15) is 0 Å². The first-order valence-electron chi connectivity index (χ1n) is 4.06. The van der Waals surface area contributed by atoms with Crippen LogP contribution in [0.2, 0.25) is 0 Å². The summed E-state index contributed by atoms with van der Waals surface area (Å²) in [6.45, 7) is 2.17. The third kappa shape index (κ3) is 0.663. The molecule has 2 heteroatoms.